The van der Waals surface area contributed by atoms with E-state index in [1.54, 1.807) is 0 Å². The molecule has 14 nitrogen and oxygen atoms in total. The number of carbonyl (C=O) groups excluding carboxylic acids is 4. The molecule has 4 aliphatic heterocycles. The second-order valence-electron chi connectivity index (χ2n) is 34.3. The SMILES string of the molecule is CCC(C(CCc1cc(C)c(O)c(C(C)(C)C)c1)(C(=O)OC1CC(C)(C)NC(C)(C)C1)C(=O)OC1CC(C)(C)NC(C)(C)C1)C(CCc1cc(C)c(O)c(C(C)(C)C)c1)(C(=O)OC1CC(C)(C)NC(C)(C)C1)C(=O)OC1CC(C)(C)NC(C)(C)C1. The fourth-order valence-corrected chi connectivity index (χ4v) is 16.7. The molecule has 4 fully saturated rings. The molecule has 0 bridgehead atoms. The molecule has 14 heteroatoms. The lowest BCUT2D eigenvalue weighted by molar-refractivity contribution is -0.205. The fourth-order valence-electron chi connectivity index (χ4n) is 16.7. The van der Waals surface area contributed by atoms with E-state index in [1.807, 2.05) is 86.6 Å². The summed E-state index contributed by atoms with van der Waals surface area (Å²) in [7, 11) is 0. The molecule has 0 aromatic heterocycles. The first-order valence-corrected chi connectivity index (χ1v) is 32.0. The van der Waals surface area contributed by atoms with Crippen LogP contribution in [0.4, 0.5) is 0 Å². The van der Waals surface area contributed by atoms with Gasteiger partial charge in [-0.2, -0.15) is 0 Å². The Morgan fingerprint density at radius 2 is 0.647 bits per heavy atom. The molecule has 6 N–H and O–H groups in total. The summed E-state index contributed by atoms with van der Waals surface area (Å²) < 4.78 is 28.2. The van der Waals surface area contributed by atoms with Crippen LogP contribution in [-0.4, -0.2) is 103 Å². The first-order valence-electron chi connectivity index (χ1n) is 32.0. The number of aryl methyl sites for hydroxylation is 4. The molecule has 0 saturated carbocycles. The number of nitrogens with one attached hydrogen (secondary N) is 4. The number of phenols is 2. The maximum absolute atomic E-state index is 17.0. The lowest BCUT2D eigenvalue weighted by atomic mass is 9.56. The van der Waals surface area contributed by atoms with Gasteiger partial charge in [-0.15, -0.1) is 0 Å². The number of carbonyl (C=O) groups is 4. The van der Waals surface area contributed by atoms with Crippen molar-refractivity contribution in [2.75, 3.05) is 0 Å². The van der Waals surface area contributed by atoms with Crippen LogP contribution in [0.5, 0.6) is 11.5 Å². The van der Waals surface area contributed by atoms with Gasteiger partial charge in [0.1, 0.15) is 35.9 Å². The molecule has 4 aliphatic rings. The number of ether oxygens (including phenoxy) is 4. The highest BCUT2D eigenvalue weighted by Crippen LogP contribution is 2.54. The normalized spacial score (nSPS) is 22.6. The highest BCUT2D eigenvalue weighted by atomic mass is 16.6. The van der Waals surface area contributed by atoms with Gasteiger partial charge in [0.2, 0.25) is 0 Å². The van der Waals surface area contributed by atoms with Gasteiger partial charge < -0.3 is 50.4 Å². The third-order valence-corrected chi connectivity index (χ3v) is 18.7. The number of hydrogen-bond donors (Lipinski definition) is 6. The summed E-state index contributed by atoms with van der Waals surface area (Å²) in [5.41, 5.74) is -5.50. The Morgan fingerprint density at radius 3 is 0.835 bits per heavy atom. The van der Waals surface area contributed by atoms with E-state index >= 15 is 19.2 Å². The average molecular weight is 1190 g/mol. The van der Waals surface area contributed by atoms with Gasteiger partial charge >= 0.3 is 23.9 Å². The Hall–Kier alpha value is -4.24. The van der Waals surface area contributed by atoms with Crippen molar-refractivity contribution in [2.24, 2.45) is 16.7 Å². The molecule has 0 atom stereocenters. The minimum atomic E-state index is -2.38. The Balaban J connectivity index is 1.76. The standard InChI is InChI=1S/C71H116N4O10/c1-26-53(70(56(78)82-47-35-62(10,11)72-63(12,13)36-47,57(79)83-48-37-64(14,15)73-65(16,17)38-48)29-27-45-31-43(2)54(76)51(33-45)60(4,5)6)71(58(80)84-49-39-66(18,19)74-67(20,21)40-49,59(81)85-50-41-68(22,23)75-69(24,25)42-50)30-28-46-32-44(3)55(77)52(34-46)61(7,8)9/h31-34,47-50,53,72-77H,26-30,35-42H2,1-25H3. The first-order chi connectivity index (χ1) is 38.4. The van der Waals surface area contributed by atoms with Crippen molar-refractivity contribution in [2.45, 2.75) is 336 Å². The topological polar surface area (TPSA) is 194 Å². The largest absolute Gasteiger partial charge is 0.507 e. The smallest absolute Gasteiger partial charge is 0.324 e. The van der Waals surface area contributed by atoms with Crippen LogP contribution in [0.25, 0.3) is 0 Å². The third-order valence-electron chi connectivity index (χ3n) is 18.7. The quantitative estimate of drug-likeness (QED) is 0.0498. The number of rotatable bonds is 17. The number of phenolic OH excluding ortho intramolecular Hbond substituents is 2. The van der Waals surface area contributed by atoms with E-state index in [9.17, 15) is 10.2 Å². The summed E-state index contributed by atoms with van der Waals surface area (Å²) in [6, 6.07) is 7.66. The molecule has 4 saturated heterocycles. The van der Waals surface area contributed by atoms with Crippen molar-refractivity contribution in [3.8, 4) is 11.5 Å². The van der Waals surface area contributed by atoms with E-state index in [0.717, 1.165) is 11.1 Å². The van der Waals surface area contributed by atoms with Gasteiger partial charge in [-0.1, -0.05) is 72.7 Å². The van der Waals surface area contributed by atoms with E-state index < -0.39 is 120 Å². The second kappa shape index (κ2) is 23.9. The Labute approximate surface area is 513 Å². The maximum Gasteiger partial charge on any atom is 0.324 e. The van der Waals surface area contributed by atoms with Crippen LogP contribution in [0.2, 0.25) is 0 Å². The average Bonchev–Trinajstić information content (AvgIpc) is 0.750. The molecule has 2 aromatic rings. The predicted molar refractivity (Wildman–Crippen MR) is 340 cm³/mol. The Bertz CT molecular complexity index is 2430. The summed E-state index contributed by atoms with van der Waals surface area (Å²) in [4.78, 5) is 68.2. The lowest BCUT2D eigenvalue weighted by Crippen LogP contribution is -2.64. The van der Waals surface area contributed by atoms with E-state index in [2.05, 4.69) is 132 Å². The van der Waals surface area contributed by atoms with Crippen molar-refractivity contribution >= 4 is 23.9 Å². The molecule has 6 rings (SSSR count). The first kappa shape index (κ1) is 69.9. The summed E-state index contributed by atoms with van der Waals surface area (Å²) in [6.45, 7) is 50.9. The van der Waals surface area contributed by atoms with Gasteiger partial charge in [0.15, 0.2) is 10.8 Å². The van der Waals surface area contributed by atoms with Crippen LogP contribution in [0.1, 0.15) is 263 Å². The maximum atomic E-state index is 17.0. The minimum Gasteiger partial charge on any atom is -0.507 e. The second-order valence-corrected chi connectivity index (χ2v) is 34.3. The number of benzene rings is 2. The third kappa shape index (κ3) is 16.7. The van der Waals surface area contributed by atoms with E-state index in [0.29, 0.717) is 73.6 Å². The van der Waals surface area contributed by atoms with Crippen molar-refractivity contribution in [1.29, 1.82) is 0 Å². The van der Waals surface area contributed by atoms with E-state index in [1.165, 1.54) is 0 Å². The zero-order valence-corrected chi connectivity index (χ0v) is 57.5. The van der Waals surface area contributed by atoms with E-state index in [4.69, 9.17) is 18.9 Å². The summed E-state index contributed by atoms with van der Waals surface area (Å²) in [5, 5.41) is 38.1. The highest BCUT2D eigenvalue weighted by Gasteiger charge is 2.68. The van der Waals surface area contributed by atoms with Crippen LogP contribution in [0.15, 0.2) is 24.3 Å². The van der Waals surface area contributed by atoms with Gasteiger partial charge in [0, 0.05) is 102 Å². The molecular formula is C71H116N4O10. The number of aromatic hydroxyl groups is 2. The number of hydrogen-bond acceptors (Lipinski definition) is 14. The van der Waals surface area contributed by atoms with Gasteiger partial charge in [-0.3, -0.25) is 19.2 Å². The van der Waals surface area contributed by atoms with Crippen molar-refractivity contribution in [3.05, 3.63) is 57.6 Å². The predicted octanol–water partition coefficient (Wildman–Crippen LogP) is 13.3. The number of piperidine rings is 4. The van der Waals surface area contributed by atoms with Crippen LogP contribution >= 0.6 is 0 Å². The molecule has 480 valence electrons. The van der Waals surface area contributed by atoms with Crippen LogP contribution < -0.4 is 21.3 Å². The fraction of sp³-hybridized carbons (Fsp3) is 0.775. The van der Waals surface area contributed by atoms with Crippen LogP contribution in [-0.2, 0) is 61.8 Å². The summed E-state index contributed by atoms with van der Waals surface area (Å²) in [5.74, 6) is -4.62. The van der Waals surface area contributed by atoms with Crippen molar-refractivity contribution < 1.29 is 48.3 Å². The molecule has 0 aliphatic carbocycles. The lowest BCUT2D eigenvalue weighted by Gasteiger charge is -2.51. The minimum absolute atomic E-state index is 0.0586. The molecule has 85 heavy (non-hydrogen) atoms. The molecule has 2 aromatic carbocycles. The molecule has 4 heterocycles. The van der Waals surface area contributed by atoms with Crippen LogP contribution in [0, 0.1) is 30.6 Å². The molecular weight excluding hydrogens is 1070 g/mol. The zero-order chi connectivity index (χ0) is 64.5. The van der Waals surface area contributed by atoms with E-state index in [-0.39, 0.29) is 43.6 Å². The number of esters is 4. The van der Waals surface area contributed by atoms with Gasteiger partial charge in [0.05, 0.1) is 0 Å². The molecule has 0 unspecified atom stereocenters. The monoisotopic (exact) mass is 1180 g/mol. The summed E-state index contributed by atoms with van der Waals surface area (Å²) >= 11 is 0. The summed E-state index contributed by atoms with van der Waals surface area (Å²) in [6.07, 6.45) is 0.248. The molecule has 0 radical (unpaired) electrons. The molecule has 0 spiro atoms. The van der Waals surface area contributed by atoms with Crippen molar-refractivity contribution in [3.63, 3.8) is 0 Å². The highest BCUT2D eigenvalue weighted by molar-refractivity contribution is 6.06. The van der Waals surface area contributed by atoms with Gasteiger partial charge in [0.25, 0.3) is 0 Å². The van der Waals surface area contributed by atoms with Crippen LogP contribution in [0.3, 0.4) is 0 Å². The Kier molecular flexibility index (Phi) is 19.7. The van der Waals surface area contributed by atoms with Gasteiger partial charge in [-0.05, 0) is 201 Å². The molecule has 0 amide bonds. The Morgan fingerprint density at radius 1 is 0.435 bits per heavy atom. The zero-order valence-electron chi connectivity index (χ0n) is 57.5. The van der Waals surface area contributed by atoms with Crippen molar-refractivity contribution in [1.82, 2.24) is 21.3 Å². The van der Waals surface area contributed by atoms with Gasteiger partial charge in [-0.25, -0.2) is 0 Å².